The molecule has 0 saturated heterocycles. The molecule has 0 spiro atoms. The molecule has 2 heterocycles. The van der Waals surface area contributed by atoms with Crippen LogP contribution in [0.25, 0.3) is 21.3 Å². The van der Waals surface area contributed by atoms with Crippen molar-refractivity contribution in [3.05, 3.63) is 76.8 Å². The summed E-state index contributed by atoms with van der Waals surface area (Å²) in [6.07, 6.45) is 0.0901. The number of hydrogen-bond acceptors (Lipinski definition) is 5. The van der Waals surface area contributed by atoms with Crippen LogP contribution in [-0.2, 0) is 22.4 Å². The number of carbonyl (C=O) groups excluding carboxylic acids is 1. The molecule has 2 aromatic heterocycles. The van der Waals surface area contributed by atoms with Crippen molar-refractivity contribution >= 4 is 27.4 Å². The van der Waals surface area contributed by atoms with Crippen molar-refractivity contribution in [1.29, 1.82) is 0 Å². The zero-order valence-electron chi connectivity index (χ0n) is 18.5. The van der Waals surface area contributed by atoms with Crippen molar-refractivity contribution < 1.29 is 48.9 Å². The van der Waals surface area contributed by atoms with Crippen LogP contribution in [0.4, 0.5) is 0 Å². The van der Waals surface area contributed by atoms with Crippen LogP contribution in [0.1, 0.15) is 16.8 Å². The number of thiophene rings is 1. The van der Waals surface area contributed by atoms with E-state index in [4.69, 9.17) is 9.47 Å². The van der Waals surface area contributed by atoms with E-state index >= 15 is 0 Å². The second-order valence-electron chi connectivity index (χ2n) is 7.43. The van der Waals surface area contributed by atoms with Gasteiger partial charge in [0, 0.05) is 41.4 Å². The minimum Gasteiger partial charge on any atom is -0.547 e. The van der Waals surface area contributed by atoms with E-state index in [0.717, 1.165) is 39.2 Å². The Labute approximate surface area is 213 Å². The Morgan fingerprint density at radius 3 is 2.62 bits per heavy atom. The number of carboxylic acids is 1. The molecule has 5 nitrogen and oxygen atoms in total. The van der Waals surface area contributed by atoms with E-state index in [0.29, 0.717) is 6.61 Å². The minimum atomic E-state index is -1.20. The van der Waals surface area contributed by atoms with E-state index < -0.39 is 12.1 Å². The van der Waals surface area contributed by atoms with Gasteiger partial charge in [-0.05, 0) is 47.2 Å². The number of benzene rings is 2. The molecule has 1 atom stereocenters. The van der Waals surface area contributed by atoms with E-state index in [2.05, 4.69) is 30.1 Å². The minimum absolute atomic E-state index is 0. The summed E-state index contributed by atoms with van der Waals surface area (Å²) in [4.78, 5) is 14.7. The van der Waals surface area contributed by atoms with E-state index in [9.17, 15) is 9.90 Å². The van der Waals surface area contributed by atoms with Crippen LogP contribution in [-0.4, -0.2) is 30.8 Å². The van der Waals surface area contributed by atoms with E-state index in [1.54, 1.807) is 11.3 Å². The van der Waals surface area contributed by atoms with E-state index in [1.165, 1.54) is 18.2 Å². The molecule has 0 fully saturated rings. The third-order valence-corrected chi connectivity index (χ3v) is 6.44. The van der Waals surface area contributed by atoms with Crippen LogP contribution in [0.15, 0.2) is 60.0 Å². The third-order valence-electron chi connectivity index (χ3n) is 5.45. The Balaban J connectivity index is 0.00000289. The molecule has 7 heteroatoms. The van der Waals surface area contributed by atoms with Crippen LogP contribution in [0.3, 0.4) is 0 Å². The molecule has 0 aliphatic heterocycles. The molecule has 0 bridgehead atoms. The van der Waals surface area contributed by atoms with E-state index in [-0.39, 0.29) is 36.0 Å². The Kier molecular flexibility index (Phi) is 8.57. The second-order valence-corrected chi connectivity index (χ2v) is 8.35. The van der Waals surface area contributed by atoms with Crippen LogP contribution in [0.5, 0.6) is 5.75 Å². The summed E-state index contributed by atoms with van der Waals surface area (Å²) in [5.74, 6) is -0.400. The number of methoxy groups -OCH3 is 1. The van der Waals surface area contributed by atoms with Gasteiger partial charge in [0.1, 0.15) is 11.9 Å². The summed E-state index contributed by atoms with van der Waals surface area (Å²) in [7, 11) is 1.38. The molecule has 0 saturated carbocycles. The second kappa shape index (κ2) is 11.2. The van der Waals surface area contributed by atoms with Gasteiger partial charge in [0.25, 0.3) is 0 Å². The number of hydrogen-bond donors (Lipinski definition) is 1. The summed E-state index contributed by atoms with van der Waals surface area (Å²) < 4.78 is 12.2. The van der Waals surface area contributed by atoms with Gasteiger partial charge in [0.15, 0.2) is 0 Å². The van der Waals surface area contributed by atoms with Crippen LogP contribution in [0.2, 0.25) is 0 Å². The number of nitrogens with one attached hydrogen (secondary N) is 1. The Bertz CT molecular complexity index is 1190. The fraction of sp³-hybridized carbons (Fsp3) is 0.240. The molecule has 0 radical (unpaired) electrons. The summed E-state index contributed by atoms with van der Waals surface area (Å²) in [5, 5.41) is 14.2. The van der Waals surface area contributed by atoms with Gasteiger partial charge in [-0.15, -0.1) is 11.3 Å². The number of H-pyrrole nitrogens is 1. The average molecular weight is 458 g/mol. The SMILES string of the molecule is CO[C@@H](Cc1ccc(OCCc2cc(-c3ccccc3)[nH]c2C)c2ccsc12)C(=O)[O-].[Na+]. The topological polar surface area (TPSA) is 74.4 Å². The standard InChI is InChI=1S/C25H25NO4S.Na/c1-16-18(14-21(26-16)17-6-4-3-5-7-17)10-12-30-22-9-8-19(15-23(29-2)25(27)28)24-20(22)11-13-31-24;/h3-9,11,13-14,23,26H,10,12,15H2,1-2H3,(H,27,28);/q;+1/p-1/t23-;/m0./s1. The van der Waals surface area contributed by atoms with Crippen LogP contribution < -0.4 is 39.4 Å². The number of rotatable bonds is 9. The number of ether oxygens (including phenoxy) is 2. The molecule has 1 N–H and O–H groups in total. The molecular formula is C25H24NNaO4S. The maximum absolute atomic E-state index is 11.2. The predicted octanol–water partition coefficient (Wildman–Crippen LogP) is 1.14. The van der Waals surface area contributed by atoms with Crippen molar-refractivity contribution in [1.82, 2.24) is 4.98 Å². The van der Waals surface area contributed by atoms with Gasteiger partial charge in [0.05, 0.1) is 12.6 Å². The van der Waals surface area contributed by atoms with Gasteiger partial charge < -0.3 is 24.4 Å². The van der Waals surface area contributed by atoms with Crippen molar-refractivity contribution in [3.63, 3.8) is 0 Å². The van der Waals surface area contributed by atoms with E-state index in [1.807, 2.05) is 41.8 Å². The van der Waals surface area contributed by atoms with Gasteiger partial charge in [0.2, 0.25) is 0 Å². The van der Waals surface area contributed by atoms with Crippen molar-refractivity contribution in [2.24, 2.45) is 0 Å². The van der Waals surface area contributed by atoms with Gasteiger partial charge in [-0.1, -0.05) is 36.4 Å². The number of aromatic amines is 1. The van der Waals surface area contributed by atoms with Crippen LogP contribution >= 0.6 is 11.3 Å². The first-order valence-corrected chi connectivity index (χ1v) is 11.0. The first-order valence-electron chi connectivity index (χ1n) is 10.2. The third kappa shape index (κ3) is 5.45. The maximum Gasteiger partial charge on any atom is 1.00 e. The summed E-state index contributed by atoms with van der Waals surface area (Å²) >= 11 is 1.57. The zero-order valence-corrected chi connectivity index (χ0v) is 21.3. The van der Waals surface area contributed by atoms with Crippen molar-refractivity contribution in [3.8, 4) is 17.0 Å². The molecule has 0 aliphatic rings. The number of aromatic nitrogens is 1. The summed E-state index contributed by atoms with van der Waals surface area (Å²) in [6, 6.07) is 18.3. The molecular weight excluding hydrogens is 433 g/mol. The van der Waals surface area contributed by atoms with Crippen molar-refractivity contribution in [2.45, 2.75) is 25.9 Å². The van der Waals surface area contributed by atoms with Gasteiger partial charge in [-0.3, -0.25) is 0 Å². The molecule has 0 aliphatic carbocycles. The summed E-state index contributed by atoms with van der Waals surface area (Å²) in [6.45, 7) is 2.63. The molecule has 160 valence electrons. The predicted molar refractivity (Wildman–Crippen MR) is 121 cm³/mol. The van der Waals surface area contributed by atoms with Crippen LogP contribution in [0, 0.1) is 6.92 Å². The number of carbonyl (C=O) groups is 1. The van der Waals surface area contributed by atoms with Gasteiger partial charge >= 0.3 is 29.6 Å². The molecule has 0 unspecified atom stereocenters. The number of aryl methyl sites for hydroxylation is 1. The van der Waals surface area contributed by atoms with Gasteiger partial charge in [-0.2, -0.15) is 0 Å². The summed E-state index contributed by atoms with van der Waals surface area (Å²) in [5.41, 5.74) is 5.57. The maximum atomic E-state index is 11.2. The molecule has 4 rings (SSSR count). The molecule has 4 aromatic rings. The zero-order chi connectivity index (χ0) is 21.8. The number of carboxylic acid groups (broad SMARTS) is 1. The fourth-order valence-corrected chi connectivity index (χ4v) is 4.69. The Morgan fingerprint density at radius 1 is 1.12 bits per heavy atom. The number of fused-ring (bicyclic) bond motifs is 1. The largest absolute Gasteiger partial charge is 1.00 e. The first kappa shape index (κ1) is 24.6. The van der Waals surface area contributed by atoms with Gasteiger partial charge in [-0.25, -0.2) is 0 Å². The fourth-order valence-electron chi connectivity index (χ4n) is 3.75. The molecule has 32 heavy (non-hydrogen) atoms. The normalized spacial score (nSPS) is 11.8. The smallest absolute Gasteiger partial charge is 0.547 e. The first-order chi connectivity index (χ1) is 15.1. The Hall–Kier alpha value is -2.09. The molecule has 2 aromatic carbocycles. The monoisotopic (exact) mass is 457 g/mol. The number of aliphatic carboxylic acids is 1. The van der Waals surface area contributed by atoms with Crippen molar-refractivity contribution in [2.75, 3.05) is 13.7 Å². The quantitative estimate of drug-likeness (QED) is 0.383. The molecule has 0 amide bonds. The Morgan fingerprint density at radius 2 is 1.91 bits per heavy atom. The average Bonchev–Trinajstić information content (AvgIpc) is 3.41.